The van der Waals surface area contributed by atoms with Gasteiger partial charge in [0.2, 0.25) is 5.91 Å². The van der Waals surface area contributed by atoms with Gasteiger partial charge in [-0.1, -0.05) is 25.5 Å². The van der Waals surface area contributed by atoms with Gasteiger partial charge in [-0.15, -0.1) is 21.8 Å². The maximum absolute atomic E-state index is 11.8. The van der Waals surface area contributed by atoms with Crippen LogP contribution < -0.4 is 10.6 Å². The molecule has 0 aliphatic carbocycles. The number of rotatable bonds is 8. The molecule has 2 N–H and O–H groups in total. The number of hydrogen-bond donors (Lipinski definition) is 2. The third-order valence-electron chi connectivity index (χ3n) is 4.75. The maximum atomic E-state index is 11.8. The van der Waals surface area contributed by atoms with Crippen LogP contribution in [0.1, 0.15) is 43.7 Å². The zero-order valence-electron chi connectivity index (χ0n) is 17.2. The van der Waals surface area contributed by atoms with E-state index in [0.29, 0.717) is 18.7 Å². The van der Waals surface area contributed by atoms with E-state index < -0.39 is 0 Å². The van der Waals surface area contributed by atoms with Crippen LogP contribution in [-0.4, -0.2) is 31.9 Å². The molecule has 0 bridgehead atoms. The molecule has 30 heavy (non-hydrogen) atoms. The number of anilines is 1. The Kier molecular flexibility index (Phi) is 7.76. The van der Waals surface area contributed by atoms with Crippen molar-refractivity contribution in [3.8, 4) is 5.69 Å². The fourth-order valence-electron chi connectivity index (χ4n) is 3.06. The van der Waals surface area contributed by atoms with Crippen LogP contribution >= 0.6 is 23.8 Å². The van der Waals surface area contributed by atoms with Gasteiger partial charge in [-0.05, 0) is 73.8 Å². The third kappa shape index (κ3) is 5.77. The SMILES string of the molecule is CCCCc1ccc(-n2nc3cc(C)c(NC(=S)NC(=O)CCCCl)cc3n2)cc1. The number of thiocarbonyl (C=S) groups is 1. The Labute approximate surface area is 187 Å². The van der Waals surface area contributed by atoms with Crippen molar-refractivity contribution in [2.24, 2.45) is 0 Å². The fourth-order valence-corrected chi connectivity index (χ4v) is 3.42. The van der Waals surface area contributed by atoms with Crippen molar-refractivity contribution >= 4 is 51.6 Å². The molecule has 158 valence electrons. The Morgan fingerprint density at radius 1 is 1.13 bits per heavy atom. The first kappa shape index (κ1) is 22.2. The van der Waals surface area contributed by atoms with Gasteiger partial charge in [0.1, 0.15) is 11.0 Å². The Hall–Kier alpha value is -2.51. The smallest absolute Gasteiger partial charge is 0.226 e. The zero-order valence-corrected chi connectivity index (χ0v) is 18.8. The molecule has 1 heterocycles. The summed E-state index contributed by atoms with van der Waals surface area (Å²) in [5.41, 5.74) is 5.52. The minimum Gasteiger partial charge on any atom is -0.332 e. The molecular weight excluding hydrogens is 418 g/mol. The van der Waals surface area contributed by atoms with Crippen molar-refractivity contribution < 1.29 is 4.79 Å². The lowest BCUT2D eigenvalue weighted by Gasteiger charge is -2.11. The second-order valence-corrected chi connectivity index (χ2v) is 8.00. The lowest BCUT2D eigenvalue weighted by molar-refractivity contribution is -0.119. The number of benzene rings is 2. The van der Waals surface area contributed by atoms with E-state index in [9.17, 15) is 4.79 Å². The van der Waals surface area contributed by atoms with Crippen LogP contribution in [-0.2, 0) is 11.2 Å². The highest BCUT2D eigenvalue weighted by Gasteiger charge is 2.11. The quantitative estimate of drug-likeness (QED) is 0.382. The highest BCUT2D eigenvalue weighted by atomic mass is 35.5. The number of halogens is 1. The van der Waals surface area contributed by atoms with E-state index >= 15 is 0 Å². The zero-order chi connectivity index (χ0) is 21.5. The van der Waals surface area contributed by atoms with Gasteiger partial charge >= 0.3 is 0 Å². The number of aromatic nitrogens is 3. The Bertz CT molecular complexity index is 1030. The van der Waals surface area contributed by atoms with Crippen LogP contribution in [0, 0.1) is 6.92 Å². The summed E-state index contributed by atoms with van der Waals surface area (Å²) in [4.78, 5) is 13.5. The number of nitrogens with zero attached hydrogens (tertiary/aromatic N) is 3. The number of hydrogen-bond acceptors (Lipinski definition) is 4. The number of fused-ring (bicyclic) bond motifs is 1. The average Bonchev–Trinajstić information content (AvgIpc) is 3.14. The number of nitrogens with one attached hydrogen (secondary N) is 2. The van der Waals surface area contributed by atoms with Gasteiger partial charge in [0.25, 0.3) is 0 Å². The molecule has 8 heteroatoms. The molecule has 3 aromatic rings. The number of carbonyl (C=O) groups is 1. The van der Waals surface area contributed by atoms with Crippen LogP contribution in [0.3, 0.4) is 0 Å². The van der Waals surface area contributed by atoms with E-state index in [1.165, 1.54) is 18.4 Å². The standard InChI is InChI=1S/C22H26ClN5OS/c1-3-4-6-16-8-10-17(11-9-16)28-26-19-13-15(2)18(14-20(19)27-28)24-22(30)25-21(29)7-5-12-23/h8-11,13-14H,3-7,12H2,1-2H3,(H2,24,25,29,30). The van der Waals surface area contributed by atoms with Crippen LogP contribution in [0.15, 0.2) is 36.4 Å². The Morgan fingerprint density at radius 2 is 1.83 bits per heavy atom. The Morgan fingerprint density at radius 3 is 2.50 bits per heavy atom. The first-order chi connectivity index (χ1) is 14.5. The number of carbonyl (C=O) groups excluding carboxylic acids is 1. The lowest BCUT2D eigenvalue weighted by Crippen LogP contribution is -2.34. The molecular formula is C22H26ClN5OS. The summed E-state index contributed by atoms with van der Waals surface area (Å²) in [5, 5.41) is 15.2. The van der Waals surface area contributed by atoms with Crippen molar-refractivity contribution in [1.82, 2.24) is 20.3 Å². The molecule has 0 spiro atoms. The predicted octanol–water partition coefficient (Wildman–Crippen LogP) is 4.90. The van der Waals surface area contributed by atoms with Crippen molar-refractivity contribution in [2.75, 3.05) is 11.2 Å². The van der Waals surface area contributed by atoms with Gasteiger partial charge in [0.15, 0.2) is 5.11 Å². The highest BCUT2D eigenvalue weighted by molar-refractivity contribution is 7.80. The fraction of sp³-hybridized carbons (Fsp3) is 0.364. The number of unbranched alkanes of at least 4 members (excludes halogenated alkanes) is 1. The van der Waals surface area contributed by atoms with E-state index in [1.807, 2.05) is 31.2 Å². The second kappa shape index (κ2) is 10.5. The molecule has 1 amide bonds. The van der Waals surface area contributed by atoms with E-state index in [2.05, 4.69) is 39.9 Å². The maximum Gasteiger partial charge on any atom is 0.226 e. The summed E-state index contributed by atoms with van der Waals surface area (Å²) in [6.07, 6.45) is 4.41. The second-order valence-electron chi connectivity index (χ2n) is 7.21. The van der Waals surface area contributed by atoms with Crippen LogP contribution in [0.4, 0.5) is 5.69 Å². The molecule has 0 unspecified atom stereocenters. The molecule has 1 aromatic heterocycles. The molecule has 2 aromatic carbocycles. The summed E-state index contributed by atoms with van der Waals surface area (Å²) < 4.78 is 0. The minimum absolute atomic E-state index is 0.153. The number of alkyl halides is 1. The van der Waals surface area contributed by atoms with Crippen LogP contribution in [0.5, 0.6) is 0 Å². The summed E-state index contributed by atoms with van der Waals surface area (Å²) >= 11 is 10.9. The monoisotopic (exact) mass is 443 g/mol. The summed E-state index contributed by atoms with van der Waals surface area (Å²) in [6.45, 7) is 4.15. The van der Waals surface area contributed by atoms with Crippen LogP contribution in [0.25, 0.3) is 16.7 Å². The normalized spacial score (nSPS) is 10.9. The van der Waals surface area contributed by atoms with Crippen molar-refractivity contribution in [3.63, 3.8) is 0 Å². The topological polar surface area (TPSA) is 71.8 Å². The number of amides is 1. The molecule has 3 rings (SSSR count). The van der Waals surface area contributed by atoms with Gasteiger partial charge in [-0.25, -0.2) is 0 Å². The molecule has 0 aliphatic heterocycles. The molecule has 0 atom stereocenters. The summed E-state index contributed by atoms with van der Waals surface area (Å²) in [7, 11) is 0. The summed E-state index contributed by atoms with van der Waals surface area (Å²) in [6, 6.07) is 12.2. The highest BCUT2D eigenvalue weighted by Crippen LogP contribution is 2.22. The molecule has 0 fully saturated rings. The van der Waals surface area contributed by atoms with Crippen LogP contribution in [0.2, 0.25) is 0 Å². The summed E-state index contributed by atoms with van der Waals surface area (Å²) in [5.74, 6) is 0.292. The van der Waals surface area contributed by atoms with Gasteiger partial charge in [-0.3, -0.25) is 4.79 Å². The van der Waals surface area contributed by atoms with Crippen molar-refractivity contribution in [1.29, 1.82) is 0 Å². The van der Waals surface area contributed by atoms with Gasteiger partial charge < -0.3 is 10.6 Å². The van der Waals surface area contributed by atoms with E-state index in [-0.39, 0.29) is 11.0 Å². The molecule has 0 saturated heterocycles. The average molecular weight is 444 g/mol. The third-order valence-corrected chi connectivity index (χ3v) is 5.22. The first-order valence-corrected chi connectivity index (χ1v) is 11.1. The predicted molar refractivity (Wildman–Crippen MR) is 127 cm³/mol. The van der Waals surface area contributed by atoms with E-state index in [1.54, 1.807) is 4.80 Å². The molecule has 0 radical (unpaired) electrons. The molecule has 6 nitrogen and oxygen atoms in total. The molecule has 0 aliphatic rings. The minimum atomic E-state index is -0.153. The van der Waals surface area contributed by atoms with E-state index in [0.717, 1.165) is 34.4 Å². The van der Waals surface area contributed by atoms with Crippen molar-refractivity contribution in [3.05, 3.63) is 47.5 Å². The molecule has 0 saturated carbocycles. The lowest BCUT2D eigenvalue weighted by atomic mass is 10.1. The Balaban J connectivity index is 1.74. The van der Waals surface area contributed by atoms with E-state index in [4.69, 9.17) is 23.8 Å². The van der Waals surface area contributed by atoms with Gasteiger partial charge in [0.05, 0.1) is 5.69 Å². The van der Waals surface area contributed by atoms with Crippen molar-refractivity contribution in [2.45, 2.75) is 46.0 Å². The largest absolute Gasteiger partial charge is 0.332 e. The van der Waals surface area contributed by atoms with Gasteiger partial charge in [-0.2, -0.15) is 4.80 Å². The van der Waals surface area contributed by atoms with Gasteiger partial charge in [0, 0.05) is 18.0 Å². The first-order valence-electron chi connectivity index (χ1n) is 10.1. The number of aryl methyl sites for hydroxylation is 2.